The molecular weight excluding hydrogens is 313 g/mol. The summed E-state index contributed by atoms with van der Waals surface area (Å²) in [5.74, 6) is 0. The van der Waals surface area contributed by atoms with Gasteiger partial charge in [0.2, 0.25) is 10.0 Å². The fraction of sp³-hybridized carbons (Fsp3) is 0.0909. The van der Waals surface area contributed by atoms with Crippen molar-refractivity contribution in [3.05, 3.63) is 51.3 Å². The Morgan fingerprint density at radius 3 is 2.44 bits per heavy atom. The summed E-state index contributed by atoms with van der Waals surface area (Å²) in [6, 6.07) is 10.1. The third kappa shape index (κ3) is 3.24. The molecule has 0 fully saturated rings. The highest BCUT2D eigenvalue weighted by Gasteiger charge is 2.16. The Morgan fingerprint density at radius 2 is 1.83 bits per heavy atom. The van der Waals surface area contributed by atoms with Crippen LogP contribution in [0.4, 0.5) is 0 Å². The molecular formula is C11H9Cl2NO2S2. The summed E-state index contributed by atoms with van der Waals surface area (Å²) in [5.41, 5.74) is 0.727. The molecule has 0 saturated heterocycles. The van der Waals surface area contributed by atoms with Gasteiger partial charge >= 0.3 is 0 Å². The van der Waals surface area contributed by atoms with Crippen LogP contribution in [0.3, 0.4) is 0 Å². The lowest BCUT2D eigenvalue weighted by Crippen LogP contribution is -2.22. The van der Waals surface area contributed by atoms with E-state index in [0.29, 0.717) is 9.36 Å². The van der Waals surface area contributed by atoms with Crippen LogP contribution in [0.25, 0.3) is 0 Å². The Bertz CT molecular complexity index is 653. The van der Waals surface area contributed by atoms with Gasteiger partial charge in [0.05, 0.1) is 4.34 Å². The molecule has 3 nitrogen and oxygen atoms in total. The average molecular weight is 322 g/mol. The van der Waals surface area contributed by atoms with Gasteiger partial charge in [0, 0.05) is 11.6 Å². The van der Waals surface area contributed by atoms with Crippen molar-refractivity contribution in [1.82, 2.24) is 4.72 Å². The minimum absolute atomic E-state index is 0.150. The third-order valence-electron chi connectivity index (χ3n) is 2.22. The molecule has 1 N–H and O–H groups in total. The summed E-state index contributed by atoms with van der Waals surface area (Å²) in [7, 11) is -3.53. The second kappa shape index (κ2) is 5.59. The van der Waals surface area contributed by atoms with Gasteiger partial charge in [0.25, 0.3) is 0 Å². The quantitative estimate of drug-likeness (QED) is 0.936. The van der Waals surface area contributed by atoms with Crippen molar-refractivity contribution < 1.29 is 8.42 Å². The van der Waals surface area contributed by atoms with Crippen molar-refractivity contribution in [2.45, 2.75) is 10.8 Å². The van der Waals surface area contributed by atoms with Gasteiger partial charge < -0.3 is 0 Å². The van der Waals surface area contributed by atoms with E-state index in [9.17, 15) is 8.42 Å². The van der Waals surface area contributed by atoms with E-state index in [2.05, 4.69) is 4.72 Å². The fourth-order valence-corrected chi connectivity index (χ4v) is 4.06. The third-order valence-corrected chi connectivity index (χ3v) is 5.72. The second-order valence-corrected chi connectivity index (χ2v) is 7.59. The molecule has 7 heteroatoms. The number of benzene rings is 1. The normalized spacial score (nSPS) is 11.7. The van der Waals surface area contributed by atoms with E-state index in [1.54, 1.807) is 30.3 Å². The molecule has 96 valence electrons. The van der Waals surface area contributed by atoms with Crippen LogP contribution < -0.4 is 4.72 Å². The average Bonchev–Trinajstić information content (AvgIpc) is 2.76. The van der Waals surface area contributed by atoms with E-state index >= 15 is 0 Å². The molecule has 1 aromatic carbocycles. The smallest absolute Gasteiger partial charge is 0.206 e. The molecule has 1 aromatic heterocycles. The molecule has 0 saturated carbocycles. The minimum atomic E-state index is -3.53. The zero-order valence-electron chi connectivity index (χ0n) is 9.06. The van der Waals surface area contributed by atoms with Crippen LogP contribution in [0.5, 0.6) is 0 Å². The van der Waals surface area contributed by atoms with Crippen LogP contribution in [-0.4, -0.2) is 8.42 Å². The van der Waals surface area contributed by atoms with E-state index in [4.69, 9.17) is 23.2 Å². The van der Waals surface area contributed by atoms with Gasteiger partial charge in [0.15, 0.2) is 0 Å². The summed E-state index contributed by atoms with van der Waals surface area (Å²) in [5, 5.41) is 0.532. The first-order valence-electron chi connectivity index (χ1n) is 4.97. The molecule has 0 spiro atoms. The number of thiophene rings is 1. The maximum Gasteiger partial charge on any atom is 0.250 e. The van der Waals surface area contributed by atoms with E-state index in [-0.39, 0.29) is 10.8 Å². The van der Waals surface area contributed by atoms with Crippen molar-refractivity contribution in [3.63, 3.8) is 0 Å². The second-order valence-electron chi connectivity index (χ2n) is 3.47. The SMILES string of the molecule is O=S(=O)(NCc1ccccc1Cl)c1ccc(Cl)s1. The highest BCUT2D eigenvalue weighted by atomic mass is 35.5. The number of hydrogen-bond acceptors (Lipinski definition) is 3. The van der Waals surface area contributed by atoms with Gasteiger partial charge in [-0.25, -0.2) is 13.1 Å². The van der Waals surface area contributed by atoms with Crippen LogP contribution in [-0.2, 0) is 16.6 Å². The maximum absolute atomic E-state index is 11.9. The lowest BCUT2D eigenvalue weighted by Gasteiger charge is -2.06. The molecule has 0 aliphatic heterocycles. The number of halogens is 2. The molecule has 0 atom stereocenters. The Labute approximate surface area is 119 Å². The number of sulfonamides is 1. The summed E-state index contributed by atoms with van der Waals surface area (Å²) < 4.78 is 27.0. The largest absolute Gasteiger partial charge is 0.250 e. The zero-order valence-corrected chi connectivity index (χ0v) is 12.2. The Balaban J connectivity index is 2.13. The number of nitrogens with one attached hydrogen (secondary N) is 1. The van der Waals surface area contributed by atoms with Crippen LogP contribution in [0.15, 0.2) is 40.6 Å². The van der Waals surface area contributed by atoms with Gasteiger partial charge in [-0.15, -0.1) is 11.3 Å². The van der Waals surface area contributed by atoms with E-state index in [1.165, 1.54) is 6.07 Å². The Morgan fingerprint density at radius 1 is 1.11 bits per heavy atom. The van der Waals surface area contributed by atoms with Gasteiger partial charge in [0.1, 0.15) is 4.21 Å². The predicted octanol–water partition coefficient (Wildman–Crippen LogP) is 3.53. The van der Waals surface area contributed by atoms with E-state index in [1.807, 2.05) is 0 Å². The van der Waals surface area contributed by atoms with Crippen LogP contribution in [0.1, 0.15) is 5.56 Å². The first-order chi connectivity index (χ1) is 8.49. The van der Waals surface area contributed by atoms with E-state index < -0.39 is 10.0 Å². The van der Waals surface area contributed by atoms with Gasteiger partial charge in [-0.3, -0.25) is 0 Å². The molecule has 18 heavy (non-hydrogen) atoms. The molecule has 0 aliphatic rings. The van der Waals surface area contributed by atoms with Crippen LogP contribution in [0, 0.1) is 0 Å². The number of rotatable bonds is 4. The summed E-state index contributed by atoms with van der Waals surface area (Å²) in [6.45, 7) is 0.150. The van der Waals surface area contributed by atoms with Crippen molar-refractivity contribution in [2.24, 2.45) is 0 Å². The van der Waals surface area contributed by atoms with Gasteiger partial charge in [-0.1, -0.05) is 41.4 Å². The summed E-state index contributed by atoms with van der Waals surface area (Å²) in [4.78, 5) is 0. The monoisotopic (exact) mass is 321 g/mol. The molecule has 0 unspecified atom stereocenters. The molecule has 0 radical (unpaired) electrons. The van der Waals surface area contributed by atoms with E-state index in [0.717, 1.165) is 16.9 Å². The maximum atomic E-state index is 11.9. The Kier molecular flexibility index (Phi) is 4.29. The fourth-order valence-electron chi connectivity index (χ4n) is 1.33. The van der Waals surface area contributed by atoms with Crippen molar-refractivity contribution in [3.8, 4) is 0 Å². The van der Waals surface area contributed by atoms with Crippen LogP contribution >= 0.6 is 34.5 Å². The van der Waals surface area contributed by atoms with Crippen LogP contribution in [0.2, 0.25) is 9.36 Å². The minimum Gasteiger partial charge on any atom is -0.206 e. The summed E-state index contributed by atoms with van der Waals surface area (Å²) >= 11 is 12.7. The van der Waals surface area contributed by atoms with Gasteiger partial charge in [-0.2, -0.15) is 0 Å². The highest BCUT2D eigenvalue weighted by molar-refractivity contribution is 7.91. The number of hydrogen-bond donors (Lipinski definition) is 1. The zero-order chi connectivity index (χ0) is 13.2. The van der Waals surface area contributed by atoms with Crippen molar-refractivity contribution in [1.29, 1.82) is 0 Å². The van der Waals surface area contributed by atoms with Crippen molar-refractivity contribution in [2.75, 3.05) is 0 Å². The first-order valence-corrected chi connectivity index (χ1v) is 8.03. The Hall–Kier alpha value is -0.590. The highest BCUT2D eigenvalue weighted by Crippen LogP contribution is 2.25. The summed E-state index contributed by atoms with van der Waals surface area (Å²) in [6.07, 6.45) is 0. The van der Waals surface area contributed by atoms with Crippen molar-refractivity contribution >= 4 is 44.6 Å². The van der Waals surface area contributed by atoms with Gasteiger partial charge in [-0.05, 0) is 23.8 Å². The molecule has 2 rings (SSSR count). The predicted molar refractivity (Wildman–Crippen MR) is 74.8 cm³/mol. The molecule has 0 bridgehead atoms. The standard InChI is InChI=1S/C11H9Cl2NO2S2/c12-9-4-2-1-3-8(9)7-14-18(15,16)11-6-5-10(13)17-11/h1-6,14H,7H2. The molecule has 0 amide bonds. The molecule has 1 heterocycles. The molecule has 0 aliphatic carbocycles. The topological polar surface area (TPSA) is 46.2 Å². The lowest BCUT2D eigenvalue weighted by atomic mass is 10.2. The molecule has 2 aromatic rings. The lowest BCUT2D eigenvalue weighted by molar-refractivity contribution is 0.583. The first kappa shape index (κ1) is 13.8.